The number of hydrogen-bond acceptors (Lipinski definition) is 0. The maximum absolute atomic E-state index is 3.76. The summed E-state index contributed by atoms with van der Waals surface area (Å²) in [7, 11) is 0. The molecule has 0 amide bonds. The number of allylic oxidation sites excluding steroid dienone is 4. The summed E-state index contributed by atoms with van der Waals surface area (Å²) in [6.07, 6.45) is 6.67. The third-order valence-corrected chi connectivity index (χ3v) is 2.17. The van der Waals surface area contributed by atoms with Gasteiger partial charge in [0.15, 0.2) is 0 Å². The maximum Gasteiger partial charge on any atom is -0.00941 e. The van der Waals surface area contributed by atoms with Gasteiger partial charge in [0.05, 0.1) is 0 Å². The lowest BCUT2D eigenvalue weighted by molar-refractivity contribution is 1.34. The van der Waals surface area contributed by atoms with Crippen LogP contribution in [0.4, 0.5) is 0 Å². The lowest BCUT2D eigenvalue weighted by atomic mass is 9.98. The number of benzene rings is 1. The molecule has 0 unspecified atom stereocenters. The summed E-state index contributed by atoms with van der Waals surface area (Å²) in [5.74, 6) is 0. The van der Waals surface area contributed by atoms with Crippen molar-refractivity contribution in [2.75, 3.05) is 0 Å². The van der Waals surface area contributed by atoms with Crippen molar-refractivity contribution in [1.29, 1.82) is 0 Å². The van der Waals surface area contributed by atoms with Gasteiger partial charge in [-0.15, -0.1) is 6.58 Å². The Morgan fingerprint density at radius 1 is 1.29 bits per heavy atom. The first-order valence-electron chi connectivity index (χ1n) is 4.78. The van der Waals surface area contributed by atoms with E-state index in [1.807, 2.05) is 18.2 Å². The first-order chi connectivity index (χ1) is 6.79. The van der Waals surface area contributed by atoms with Gasteiger partial charge in [0.25, 0.3) is 0 Å². The van der Waals surface area contributed by atoms with Crippen LogP contribution >= 0.6 is 0 Å². The summed E-state index contributed by atoms with van der Waals surface area (Å²) in [6, 6.07) is 8.37. The zero-order valence-corrected chi connectivity index (χ0v) is 8.66. The van der Waals surface area contributed by atoms with E-state index in [1.165, 1.54) is 16.7 Å². The molecule has 0 heterocycles. The summed E-state index contributed by atoms with van der Waals surface area (Å²) in [4.78, 5) is 0. The fraction of sp³-hybridized carbons (Fsp3) is 0.143. The minimum atomic E-state index is 0.886. The van der Waals surface area contributed by atoms with Crippen molar-refractivity contribution in [2.24, 2.45) is 0 Å². The minimum absolute atomic E-state index is 0.886. The van der Waals surface area contributed by atoms with Gasteiger partial charge in [-0.05, 0) is 30.0 Å². The van der Waals surface area contributed by atoms with Gasteiger partial charge in [-0.25, -0.2) is 0 Å². The van der Waals surface area contributed by atoms with Crippen molar-refractivity contribution in [1.82, 2.24) is 0 Å². The SMILES string of the molecule is C=C/C=C(\CC=C)c1ccccc1C. The van der Waals surface area contributed by atoms with Crippen LogP contribution < -0.4 is 0 Å². The van der Waals surface area contributed by atoms with Gasteiger partial charge in [0.2, 0.25) is 0 Å². The van der Waals surface area contributed by atoms with E-state index in [0.717, 1.165) is 6.42 Å². The Hall–Kier alpha value is -1.56. The standard InChI is InChI=1S/C14H16/c1-4-8-13(9-5-2)14-11-7-6-10-12(14)3/h4-8,10-11H,1-2,9H2,3H3/b13-8+. The van der Waals surface area contributed by atoms with E-state index < -0.39 is 0 Å². The third-order valence-electron chi connectivity index (χ3n) is 2.17. The quantitative estimate of drug-likeness (QED) is 0.487. The Bertz CT molecular complexity index is 356. The molecule has 0 atom stereocenters. The zero-order chi connectivity index (χ0) is 10.4. The molecule has 14 heavy (non-hydrogen) atoms. The molecule has 0 heteroatoms. The molecule has 0 aliphatic carbocycles. The molecule has 0 aliphatic heterocycles. The minimum Gasteiger partial charge on any atom is -0.103 e. The molecule has 0 radical (unpaired) electrons. The summed E-state index contributed by atoms with van der Waals surface area (Å²) < 4.78 is 0. The van der Waals surface area contributed by atoms with Crippen molar-refractivity contribution >= 4 is 5.57 Å². The number of aryl methyl sites for hydroxylation is 1. The van der Waals surface area contributed by atoms with Crippen LogP contribution in [-0.2, 0) is 0 Å². The summed E-state index contributed by atoms with van der Waals surface area (Å²) in [5, 5.41) is 0. The second-order valence-corrected chi connectivity index (χ2v) is 3.24. The van der Waals surface area contributed by atoms with Crippen LogP contribution in [-0.4, -0.2) is 0 Å². The smallest absolute Gasteiger partial charge is 0.00941 e. The summed E-state index contributed by atoms with van der Waals surface area (Å²) in [5.41, 5.74) is 3.85. The average Bonchev–Trinajstić information content (AvgIpc) is 2.18. The molecule has 0 N–H and O–H groups in total. The summed E-state index contributed by atoms with van der Waals surface area (Å²) >= 11 is 0. The van der Waals surface area contributed by atoms with Gasteiger partial charge in [-0.3, -0.25) is 0 Å². The molecule has 0 nitrogen and oxygen atoms in total. The molecular formula is C14H16. The Morgan fingerprint density at radius 3 is 2.57 bits per heavy atom. The molecule has 0 saturated carbocycles. The van der Waals surface area contributed by atoms with Crippen LogP contribution in [0.3, 0.4) is 0 Å². The van der Waals surface area contributed by atoms with E-state index in [2.05, 4.69) is 44.3 Å². The zero-order valence-electron chi connectivity index (χ0n) is 8.66. The van der Waals surface area contributed by atoms with Gasteiger partial charge in [-0.1, -0.05) is 49.1 Å². The average molecular weight is 184 g/mol. The molecular weight excluding hydrogens is 168 g/mol. The highest BCUT2D eigenvalue weighted by atomic mass is 14.1. The van der Waals surface area contributed by atoms with Crippen molar-refractivity contribution in [3.05, 3.63) is 66.8 Å². The lowest BCUT2D eigenvalue weighted by Gasteiger charge is -2.07. The highest BCUT2D eigenvalue weighted by Gasteiger charge is 2.00. The second-order valence-electron chi connectivity index (χ2n) is 3.24. The molecule has 0 saturated heterocycles. The first kappa shape index (κ1) is 10.5. The van der Waals surface area contributed by atoms with E-state index in [1.54, 1.807) is 0 Å². The van der Waals surface area contributed by atoms with Crippen LogP contribution in [0.1, 0.15) is 17.5 Å². The molecule has 1 aromatic carbocycles. The topological polar surface area (TPSA) is 0 Å². The monoisotopic (exact) mass is 184 g/mol. The molecule has 0 fully saturated rings. The van der Waals surface area contributed by atoms with Gasteiger partial charge in [0.1, 0.15) is 0 Å². The van der Waals surface area contributed by atoms with E-state index in [4.69, 9.17) is 0 Å². The third kappa shape index (κ3) is 2.46. The van der Waals surface area contributed by atoms with Crippen LogP contribution in [0.2, 0.25) is 0 Å². The fourth-order valence-electron chi connectivity index (χ4n) is 1.50. The number of rotatable bonds is 4. The molecule has 1 rings (SSSR count). The van der Waals surface area contributed by atoms with Crippen molar-refractivity contribution < 1.29 is 0 Å². The normalized spacial score (nSPS) is 11.1. The van der Waals surface area contributed by atoms with Gasteiger partial charge >= 0.3 is 0 Å². The van der Waals surface area contributed by atoms with Crippen LogP contribution in [0.25, 0.3) is 5.57 Å². The lowest BCUT2D eigenvalue weighted by Crippen LogP contribution is -1.87. The molecule has 0 aromatic heterocycles. The largest absolute Gasteiger partial charge is 0.103 e. The molecule has 0 bridgehead atoms. The van der Waals surface area contributed by atoms with E-state index in [-0.39, 0.29) is 0 Å². The number of hydrogen-bond donors (Lipinski definition) is 0. The predicted molar refractivity (Wildman–Crippen MR) is 64.2 cm³/mol. The first-order valence-corrected chi connectivity index (χ1v) is 4.78. The van der Waals surface area contributed by atoms with E-state index >= 15 is 0 Å². The van der Waals surface area contributed by atoms with Crippen LogP contribution in [0.5, 0.6) is 0 Å². The summed E-state index contributed by atoms with van der Waals surface area (Å²) in [6.45, 7) is 9.61. The second kappa shape index (κ2) is 5.23. The van der Waals surface area contributed by atoms with Crippen molar-refractivity contribution in [2.45, 2.75) is 13.3 Å². The molecule has 0 spiro atoms. The van der Waals surface area contributed by atoms with Crippen molar-refractivity contribution in [3.8, 4) is 0 Å². The fourth-order valence-corrected chi connectivity index (χ4v) is 1.50. The van der Waals surface area contributed by atoms with Crippen LogP contribution in [0.15, 0.2) is 55.7 Å². The predicted octanol–water partition coefficient (Wildman–Crippen LogP) is 4.14. The Morgan fingerprint density at radius 2 is 2.00 bits per heavy atom. The highest BCUT2D eigenvalue weighted by molar-refractivity contribution is 5.70. The van der Waals surface area contributed by atoms with Gasteiger partial charge in [0, 0.05) is 0 Å². The van der Waals surface area contributed by atoms with E-state index in [9.17, 15) is 0 Å². The molecule has 72 valence electrons. The Balaban J connectivity index is 3.11. The maximum atomic E-state index is 3.76. The van der Waals surface area contributed by atoms with Gasteiger partial charge < -0.3 is 0 Å². The van der Waals surface area contributed by atoms with Gasteiger partial charge in [-0.2, -0.15) is 0 Å². The van der Waals surface area contributed by atoms with Crippen LogP contribution in [0, 0.1) is 6.92 Å². The Labute approximate surface area is 86.3 Å². The highest BCUT2D eigenvalue weighted by Crippen LogP contribution is 2.21. The Kier molecular flexibility index (Phi) is 3.93. The molecule has 0 aliphatic rings. The van der Waals surface area contributed by atoms with Crippen molar-refractivity contribution in [3.63, 3.8) is 0 Å². The van der Waals surface area contributed by atoms with E-state index in [0.29, 0.717) is 0 Å². The molecule has 1 aromatic rings.